The molecule has 0 spiro atoms. The number of aliphatic hydroxyl groups is 1. The van der Waals surface area contributed by atoms with E-state index >= 15 is 0 Å². The molecule has 106 valence electrons. The molecule has 1 aromatic rings. The molecule has 0 heterocycles. The first kappa shape index (κ1) is 16.0. The van der Waals surface area contributed by atoms with Crippen molar-refractivity contribution in [2.24, 2.45) is 5.92 Å². The highest BCUT2D eigenvalue weighted by Crippen LogP contribution is 2.18. The number of nitrogens with one attached hydrogen (secondary N) is 1. The molecule has 0 aliphatic heterocycles. The lowest BCUT2D eigenvalue weighted by Gasteiger charge is -2.16. The van der Waals surface area contributed by atoms with Crippen molar-refractivity contribution in [3.63, 3.8) is 0 Å². The van der Waals surface area contributed by atoms with Crippen molar-refractivity contribution in [3.8, 4) is 5.75 Å². The summed E-state index contributed by atoms with van der Waals surface area (Å²) >= 11 is 3.35. The molecule has 19 heavy (non-hydrogen) atoms. The van der Waals surface area contributed by atoms with Crippen LogP contribution in [0, 0.1) is 5.92 Å². The number of rotatable bonds is 7. The van der Waals surface area contributed by atoms with Crippen LogP contribution in [-0.4, -0.2) is 30.3 Å². The molecule has 0 bridgehead atoms. The quantitative estimate of drug-likeness (QED) is 0.807. The van der Waals surface area contributed by atoms with Crippen LogP contribution in [0.5, 0.6) is 5.75 Å². The van der Waals surface area contributed by atoms with Crippen molar-refractivity contribution in [1.82, 2.24) is 5.32 Å². The third kappa shape index (κ3) is 6.07. The number of amides is 1. The molecule has 0 aliphatic carbocycles. The van der Waals surface area contributed by atoms with Crippen LogP contribution in [0.15, 0.2) is 28.7 Å². The summed E-state index contributed by atoms with van der Waals surface area (Å²) < 4.78 is 6.47. The van der Waals surface area contributed by atoms with Gasteiger partial charge in [0, 0.05) is 17.6 Å². The van der Waals surface area contributed by atoms with Crippen LogP contribution in [0.4, 0.5) is 0 Å². The summed E-state index contributed by atoms with van der Waals surface area (Å²) in [6.07, 6.45) is 0.136. The average molecular weight is 330 g/mol. The zero-order valence-corrected chi connectivity index (χ0v) is 12.8. The number of ether oxygens (including phenoxy) is 1. The van der Waals surface area contributed by atoms with Crippen molar-refractivity contribution in [1.29, 1.82) is 0 Å². The van der Waals surface area contributed by atoms with Crippen LogP contribution in [0.25, 0.3) is 0 Å². The number of aliphatic hydroxyl groups excluding tert-OH is 1. The van der Waals surface area contributed by atoms with Crippen molar-refractivity contribution in [3.05, 3.63) is 28.7 Å². The number of carbonyl (C=O) groups is 1. The largest absolute Gasteiger partial charge is 0.481 e. The van der Waals surface area contributed by atoms with Crippen LogP contribution in [0.1, 0.15) is 20.3 Å². The summed E-state index contributed by atoms with van der Waals surface area (Å²) in [7, 11) is 0. The molecule has 0 saturated carbocycles. The summed E-state index contributed by atoms with van der Waals surface area (Å²) in [5.74, 6) is 0.761. The lowest BCUT2D eigenvalue weighted by atomic mass is 10.1. The second-order valence-electron chi connectivity index (χ2n) is 4.58. The highest BCUT2D eigenvalue weighted by atomic mass is 79.9. The molecule has 5 heteroatoms. The van der Waals surface area contributed by atoms with Crippen LogP contribution >= 0.6 is 15.9 Å². The fraction of sp³-hybridized carbons (Fsp3) is 0.500. The molecule has 1 rings (SSSR count). The topological polar surface area (TPSA) is 58.6 Å². The first-order valence-electron chi connectivity index (χ1n) is 6.33. The van der Waals surface area contributed by atoms with Gasteiger partial charge in [-0.2, -0.15) is 0 Å². The Labute approximate surface area is 122 Å². The summed E-state index contributed by atoms with van der Waals surface area (Å²) in [4.78, 5) is 11.8. The first-order chi connectivity index (χ1) is 9.02. The smallest absolute Gasteiger partial charge is 0.260 e. The number of benzene rings is 1. The van der Waals surface area contributed by atoms with Gasteiger partial charge in [-0.1, -0.05) is 28.9 Å². The Kier molecular flexibility index (Phi) is 6.87. The van der Waals surface area contributed by atoms with E-state index in [1.54, 1.807) is 6.92 Å². The monoisotopic (exact) mass is 329 g/mol. The molecule has 2 atom stereocenters. The maximum Gasteiger partial charge on any atom is 0.260 e. The van der Waals surface area contributed by atoms with Gasteiger partial charge >= 0.3 is 0 Å². The van der Waals surface area contributed by atoms with Crippen molar-refractivity contribution >= 4 is 21.8 Å². The lowest BCUT2D eigenvalue weighted by molar-refractivity contribution is -0.127. The first-order valence-corrected chi connectivity index (χ1v) is 7.13. The predicted octanol–water partition coefficient (Wildman–Crippen LogP) is 2.35. The number of hydrogen-bond acceptors (Lipinski definition) is 3. The number of hydrogen-bond donors (Lipinski definition) is 2. The Balaban J connectivity index is 2.40. The van der Waals surface area contributed by atoms with Gasteiger partial charge in [-0.3, -0.25) is 4.79 Å². The minimum absolute atomic E-state index is 0.140. The molecule has 0 saturated heterocycles. The Bertz CT molecular complexity index is 411. The third-order valence-corrected chi connectivity index (χ3v) is 3.22. The molecule has 2 N–H and O–H groups in total. The van der Waals surface area contributed by atoms with E-state index in [4.69, 9.17) is 9.84 Å². The molecule has 0 fully saturated rings. The highest BCUT2D eigenvalue weighted by molar-refractivity contribution is 9.10. The van der Waals surface area contributed by atoms with Gasteiger partial charge in [-0.05, 0) is 37.5 Å². The second-order valence-corrected chi connectivity index (χ2v) is 5.50. The van der Waals surface area contributed by atoms with Gasteiger partial charge in [0.25, 0.3) is 5.91 Å². The minimum atomic E-state index is -0.546. The van der Waals surface area contributed by atoms with Gasteiger partial charge < -0.3 is 15.2 Å². The molecule has 4 nitrogen and oxygen atoms in total. The molecule has 1 aromatic carbocycles. The number of halogens is 1. The van der Waals surface area contributed by atoms with Gasteiger partial charge in [0.05, 0.1) is 0 Å². The van der Waals surface area contributed by atoms with Gasteiger partial charge in [-0.25, -0.2) is 0 Å². The van der Waals surface area contributed by atoms with E-state index in [0.717, 1.165) is 4.47 Å². The van der Waals surface area contributed by atoms with E-state index in [9.17, 15) is 4.79 Å². The maximum absolute atomic E-state index is 11.8. The van der Waals surface area contributed by atoms with E-state index in [0.29, 0.717) is 18.7 Å². The standard InChI is InChI=1S/C14H20BrNO3/c1-10(6-7-17)9-16-14(18)11(2)19-13-5-3-4-12(15)8-13/h3-5,8,10-11,17H,6-7,9H2,1-2H3,(H,16,18). The zero-order chi connectivity index (χ0) is 14.3. The molecule has 2 unspecified atom stereocenters. The molecule has 1 amide bonds. The SMILES string of the molecule is CC(CCO)CNC(=O)C(C)Oc1cccc(Br)c1. The van der Waals surface area contributed by atoms with Gasteiger partial charge in [0.2, 0.25) is 0 Å². The van der Waals surface area contributed by atoms with Crippen molar-refractivity contribution in [2.45, 2.75) is 26.4 Å². The Morgan fingerprint density at radius 3 is 2.84 bits per heavy atom. The van der Waals surface area contributed by atoms with Crippen molar-refractivity contribution in [2.75, 3.05) is 13.2 Å². The van der Waals surface area contributed by atoms with E-state index in [1.807, 2.05) is 31.2 Å². The van der Waals surface area contributed by atoms with Gasteiger partial charge in [0.15, 0.2) is 6.10 Å². The van der Waals surface area contributed by atoms with E-state index < -0.39 is 6.10 Å². The second kappa shape index (κ2) is 8.17. The van der Waals surface area contributed by atoms with E-state index in [1.165, 1.54) is 0 Å². The summed E-state index contributed by atoms with van der Waals surface area (Å²) in [5.41, 5.74) is 0. The fourth-order valence-corrected chi connectivity index (χ4v) is 1.92. The molecule has 0 radical (unpaired) electrons. The van der Waals surface area contributed by atoms with Crippen LogP contribution < -0.4 is 10.1 Å². The van der Waals surface area contributed by atoms with E-state index in [2.05, 4.69) is 21.2 Å². The normalized spacial score (nSPS) is 13.7. The summed E-state index contributed by atoms with van der Waals surface area (Å²) in [5, 5.41) is 11.6. The van der Waals surface area contributed by atoms with Gasteiger partial charge in [0.1, 0.15) is 5.75 Å². The molecular formula is C14H20BrNO3. The Morgan fingerprint density at radius 2 is 2.21 bits per heavy atom. The lowest BCUT2D eigenvalue weighted by Crippen LogP contribution is -2.38. The van der Waals surface area contributed by atoms with Crippen LogP contribution in [0.3, 0.4) is 0 Å². The van der Waals surface area contributed by atoms with Gasteiger partial charge in [-0.15, -0.1) is 0 Å². The molecule has 0 aliphatic rings. The summed E-state index contributed by atoms with van der Waals surface area (Å²) in [6.45, 7) is 4.38. The molecule has 0 aromatic heterocycles. The predicted molar refractivity (Wildman–Crippen MR) is 78.1 cm³/mol. The fourth-order valence-electron chi connectivity index (χ4n) is 1.54. The molecular weight excluding hydrogens is 310 g/mol. The Morgan fingerprint density at radius 1 is 1.47 bits per heavy atom. The van der Waals surface area contributed by atoms with Crippen molar-refractivity contribution < 1.29 is 14.6 Å². The zero-order valence-electron chi connectivity index (χ0n) is 11.2. The van der Waals surface area contributed by atoms with Crippen LogP contribution in [0.2, 0.25) is 0 Å². The number of carbonyl (C=O) groups excluding carboxylic acids is 1. The summed E-state index contributed by atoms with van der Waals surface area (Å²) in [6, 6.07) is 7.38. The van der Waals surface area contributed by atoms with Crippen LogP contribution in [-0.2, 0) is 4.79 Å². The third-order valence-electron chi connectivity index (χ3n) is 2.72. The van der Waals surface area contributed by atoms with E-state index in [-0.39, 0.29) is 18.4 Å². The average Bonchev–Trinajstić information content (AvgIpc) is 2.36. The Hall–Kier alpha value is -1.07. The maximum atomic E-state index is 11.8. The minimum Gasteiger partial charge on any atom is -0.481 e. The highest BCUT2D eigenvalue weighted by Gasteiger charge is 2.15.